The van der Waals surface area contributed by atoms with Crippen LogP contribution in [0.2, 0.25) is 0 Å². The van der Waals surface area contributed by atoms with Crippen molar-refractivity contribution < 1.29 is 4.92 Å². The lowest BCUT2D eigenvalue weighted by atomic mass is 10.2. The topological polar surface area (TPSA) is 82.0 Å². The number of hydrogen-bond donors (Lipinski definition) is 1. The Hall–Kier alpha value is -2.08. The number of nitro groups is 1. The van der Waals surface area contributed by atoms with Crippen molar-refractivity contribution in [2.45, 2.75) is 4.90 Å². The molecule has 2 aromatic rings. The predicted octanol–water partition coefficient (Wildman–Crippen LogP) is 3.00. The number of nitrogen functional groups attached to an aromatic ring is 1. The second-order valence-electron chi connectivity index (χ2n) is 3.55. The van der Waals surface area contributed by atoms with E-state index in [9.17, 15) is 10.1 Å². The Morgan fingerprint density at radius 3 is 2.89 bits per heavy atom. The van der Waals surface area contributed by atoms with Crippen molar-refractivity contribution in [1.29, 1.82) is 0 Å². The molecule has 0 bridgehead atoms. The van der Waals surface area contributed by atoms with E-state index in [0.29, 0.717) is 16.2 Å². The average Bonchev–Trinajstić information content (AvgIpc) is 2.34. The Morgan fingerprint density at radius 1 is 1.50 bits per heavy atom. The van der Waals surface area contributed by atoms with E-state index in [0.717, 1.165) is 5.39 Å². The first-order valence-corrected chi connectivity index (χ1v) is 6.20. The summed E-state index contributed by atoms with van der Waals surface area (Å²) in [5.74, 6) is 0.527. The lowest BCUT2D eigenvalue weighted by Crippen LogP contribution is -2.01. The van der Waals surface area contributed by atoms with E-state index in [2.05, 4.69) is 11.6 Å². The molecule has 0 aliphatic heterocycles. The van der Waals surface area contributed by atoms with Crippen molar-refractivity contribution in [3.05, 3.63) is 47.0 Å². The number of benzene rings is 1. The summed E-state index contributed by atoms with van der Waals surface area (Å²) < 4.78 is 0. The minimum absolute atomic E-state index is 0.0507. The average molecular weight is 261 g/mol. The van der Waals surface area contributed by atoms with Crippen LogP contribution >= 0.6 is 11.8 Å². The van der Waals surface area contributed by atoms with Crippen LogP contribution in [-0.2, 0) is 0 Å². The van der Waals surface area contributed by atoms with Crippen LogP contribution < -0.4 is 5.73 Å². The highest BCUT2D eigenvalue weighted by atomic mass is 32.2. The fourth-order valence-electron chi connectivity index (χ4n) is 1.65. The Kier molecular flexibility index (Phi) is 3.47. The molecule has 0 amide bonds. The van der Waals surface area contributed by atoms with Gasteiger partial charge in [0.05, 0.1) is 15.3 Å². The molecular weight excluding hydrogens is 250 g/mol. The fourth-order valence-corrected chi connectivity index (χ4v) is 2.58. The summed E-state index contributed by atoms with van der Waals surface area (Å²) >= 11 is 1.34. The van der Waals surface area contributed by atoms with Crippen LogP contribution in [-0.4, -0.2) is 15.7 Å². The van der Waals surface area contributed by atoms with Gasteiger partial charge in [0.1, 0.15) is 0 Å². The summed E-state index contributed by atoms with van der Waals surface area (Å²) in [6.45, 7) is 3.62. The van der Waals surface area contributed by atoms with Gasteiger partial charge >= 0.3 is 5.69 Å². The molecule has 0 aliphatic rings. The molecule has 0 saturated heterocycles. The number of pyridine rings is 1. The minimum Gasteiger partial charge on any atom is -0.378 e. The van der Waals surface area contributed by atoms with Gasteiger partial charge in [0.2, 0.25) is 5.82 Å². The second-order valence-corrected chi connectivity index (χ2v) is 4.58. The molecule has 18 heavy (non-hydrogen) atoms. The SMILES string of the molecule is C=CCSc1c([N+](=O)[O-])c(N)nc2ccccc12. The zero-order valence-corrected chi connectivity index (χ0v) is 10.3. The number of aromatic nitrogens is 1. The molecule has 92 valence electrons. The van der Waals surface area contributed by atoms with Crippen LogP contribution in [0.3, 0.4) is 0 Å². The van der Waals surface area contributed by atoms with Crippen molar-refractivity contribution in [1.82, 2.24) is 4.98 Å². The van der Waals surface area contributed by atoms with Gasteiger partial charge < -0.3 is 5.73 Å². The molecule has 6 heteroatoms. The monoisotopic (exact) mass is 261 g/mol. The largest absolute Gasteiger partial charge is 0.378 e. The zero-order valence-electron chi connectivity index (χ0n) is 9.50. The van der Waals surface area contributed by atoms with E-state index in [1.165, 1.54) is 11.8 Å². The maximum Gasteiger partial charge on any atom is 0.325 e. The summed E-state index contributed by atoms with van der Waals surface area (Å²) in [5.41, 5.74) is 6.20. The fraction of sp³-hybridized carbons (Fsp3) is 0.0833. The summed E-state index contributed by atoms with van der Waals surface area (Å²) in [6.07, 6.45) is 1.69. The Balaban J connectivity index is 2.75. The van der Waals surface area contributed by atoms with E-state index in [1.807, 2.05) is 12.1 Å². The first-order valence-electron chi connectivity index (χ1n) is 5.21. The van der Waals surface area contributed by atoms with E-state index in [-0.39, 0.29) is 11.5 Å². The first-order chi connectivity index (χ1) is 8.65. The van der Waals surface area contributed by atoms with Crippen LogP contribution in [0.15, 0.2) is 41.8 Å². The molecule has 0 saturated carbocycles. The summed E-state index contributed by atoms with van der Waals surface area (Å²) in [5, 5.41) is 11.8. The summed E-state index contributed by atoms with van der Waals surface area (Å²) in [6, 6.07) is 7.23. The van der Waals surface area contributed by atoms with Gasteiger partial charge in [0, 0.05) is 11.1 Å². The lowest BCUT2D eigenvalue weighted by Gasteiger charge is -2.07. The van der Waals surface area contributed by atoms with Gasteiger partial charge in [-0.3, -0.25) is 10.1 Å². The molecule has 0 atom stereocenters. The van der Waals surface area contributed by atoms with Crippen molar-refractivity contribution >= 4 is 34.2 Å². The van der Waals surface area contributed by atoms with Gasteiger partial charge in [-0.05, 0) is 6.07 Å². The highest BCUT2D eigenvalue weighted by Gasteiger charge is 2.22. The van der Waals surface area contributed by atoms with Gasteiger partial charge in [-0.2, -0.15) is 0 Å². The van der Waals surface area contributed by atoms with Gasteiger partial charge in [-0.25, -0.2) is 4.98 Å². The Morgan fingerprint density at radius 2 is 2.22 bits per heavy atom. The van der Waals surface area contributed by atoms with Crippen LogP contribution in [0.1, 0.15) is 0 Å². The lowest BCUT2D eigenvalue weighted by molar-refractivity contribution is -0.386. The Labute approximate surface area is 108 Å². The molecule has 0 unspecified atom stereocenters. The van der Waals surface area contributed by atoms with Gasteiger partial charge in [-0.15, -0.1) is 18.3 Å². The zero-order chi connectivity index (χ0) is 13.1. The van der Waals surface area contributed by atoms with Crippen LogP contribution in [0.4, 0.5) is 11.5 Å². The van der Waals surface area contributed by atoms with E-state index in [1.54, 1.807) is 18.2 Å². The van der Waals surface area contributed by atoms with Gasteiger partial charge in [-0.1, -0.05) is 24.3 Å². The molecule has 1 heterocycles. The van der Waals surface area contributed by atoms with Crippen molar-refractivity contribution in [2.75, 3.05) is 11.5 Å². The minimum atomic E-state index is -0.486. The summed E-state index contributed by atoms with van der Waals surface area (Å²) in [7, 11) is 0. The van der Waals surface area contributed by atoms with Crippen LogP contribution in [0.25, 0.3) is 10.9 Å². The van der Waals surface area contributed by atoms with Crippen molar-refractivity contribution in [3.8, 4) is 0 Å². The van der Waals surface area contributed by atoms with Crippen molar-refractivity contribution in [2.24, 2.45) is 0 Å². The van der Waals surface area contributed by atoms with Crippen molar-refractivity contribution in [3.63, 3.8) is 0 Å². The molecular formula is C12H11N3O2S. The number of hydrogen-bond acceptors (Lipinski definition) is 5. The van der Waals surface area contributed by atoms with Crippen LogP contribution in [0.5, 0.6) is 0 Å². The third-order valence-electron chi connectivity index (χ3n) is 2.38. The molecule has 5 nitrogen and oxygen atoms in total. The smallest absolute Gasteiger partial charge is 0.325 e. The molecule has 0 spiro atoms. The maximum absolute atomic E-state index is 11.1. The highest BCUT2D eigenvalue weighted by molar-refractivity contribution is 7.99. The molecule has 0 aliphatic carbocycles. The van der Waals surface area contributed by atoms with E-state index >= 15 is 0 Å². The molecule has 0 radical (unpaired) electrons. The second kappa shape index (κ2) is 5.05. The maximum atomic E-state index is 11.1. The number of para-hydroxylation sites is 1. The van der Waals surface area contributed by atoms with Gasteiger partial charge in [0.15, 0.2) is 0 Å². The normalized spacial score (nSPS) is 10.4. The molecule has 1 aromatic carbocycles. The molecule has 1 aromatic heterocycles. The van der Waals surface area contributed by atoms with Gasteiger partial charge in [0.25, 0.3) is 0 Å². The highest BCUT2D eigenvalue weighted by Crippen LogP contribution is 2.38. The van der Waals surface area contributed by atoms with E-state index < -0.39 is 4.92 Å². The predicted molar refractivity (Wildman–Crippen MR) is 73.7 cm³/mol. The number of thioether (sulfide) groups is 1. The quantitative estimate of drug-likeness (QED) is 0.396. The molecule has 2 rings (SSSR count). The Bertz CT molecular complexity index is 628. The molecule has 0 fully saturated rings. The number of nitrogens with two attached hydrogens (primary N) is 1. The van der Waals surface area contributed by atoms with Crippen LogP contribution in [0, 0.1) is 10.1 Å². The third kappa shape index (κ3) is 2.14. The molecule has 2 N–H and O–H groups in total. The number of nitrogens with zero attached hydrogens (tertiary/aromatic N) is 2. The number of fused-ring (bicyclic) bond motifs is 1. The number of rotatable bonds is 4. The number of anilines is 1. The van der Waals surface area contributed by atoms with E-state index in [4.69, 9.17) is 5.73 Å². The standard InChI is InChI=1S/C12H11N3O2S/c1-2-7-18-11-8-5-3-4-6-9(8)14-12(13)10(11)15(16)17/h2-6H,1,7H2,(H2,13,14). The first kappa shape index (κ1) is 12.4. The third-order valence-corrected chi connectivity index (χ3v) is 3.48. The summed E-state index contributed by atoms with van der Waals surface area (Å²) in [4.78, 5) is 15.2.